The quantitative estimate of drug-likeness (QED) is 0.860. The highest BCUT2D eigenvalue weighted by Gasteiger charge is 2.19. The van der Waals surface area contributed by atoms with Crippen LogP contribution in [0.3, 0.4) is 0 Å². The van der Waals surface area contributed by atoms with Gasteiger partial charge < -0.3 is 5.11 Å². The van der Waals surface area contributed by atoms with Crippen molar-refractivity contribution < 1.29 is 13.9 Å². The van der Waals surface area contributed by atoms with Crippen LogP contribution in [0.1, 0.15) is 17.2 Å². The summed E-state index contributed by atoms with van der Waals surface area (Å²) in [6.07, 6.45) is -1.31. The number of halogens is 4. The van der Waals surface area contributed by atoms with E-state index < -0.39 is 17.7 Å². The highest BCUT2D eigenvalue weighted by atomic mass is 79.9. The van der Waals surface area contributed by atoms with Crippen LogP contribution in [-0.4, -0.2) is 5.11 Å². The average molecular weight is 334 g/mol. The van der Waals surface area contributed by atoms with Crippen LogP contribution in [0.25, 0.3) is 0 Å². The van der Waals surface area contributed by atoms with E-state index in [4.69, 9.17) is 11.6 Å². The first-order valence-electron chi connectivity index (χ1n) is 5.07. The smallest absolute Gasteiger partial charge is 0.142 e. The lowest BCUT2D eigenvalue weighted by molar-refractivity contribution is 0.214. The van der Waals surface area contributed by atoms with Crippen molar-refractivity contribution in [2.75, 3.05) is 0 Å². The Labute approximate surface area is 116 Å². The minimum absolute atomic E-state index is 0.0388. The van der Waals surface area contributed by atoms with Crippen molar-refractivity contribution in [3.05, 3.63) is 68.7 Å². The lowest BCUT2D eigenvalue weighted by Crippen LogP contribution is -2.04. The summed E-state index contributed by atoms with van der Waals surface area (Å²) in [4.78, 5) is 0. The molecule has 2 rings (SSSR count). The maximum Gasteiger partial charge on any atom is 0.142 e. The van der Waals surface area contributed by atoms with Crippen LogP contribution in [0.2, 0.25) is 5.02 Å². The molecule has 2 aromatic rings. The molecule has 0 radical (unpaired) electrons. The molecule has 1 unspecified atom stereocenters. The molecule has 0 bridgehead atoms. The van der Waals surface area contributed by atoms with E-state index in [0.717, 1.165) is 0 Å². The molecule has 1 nitrogen and oxygen atoms in total. The zero-order valence-electron chi connectivity index (χ0n) is 9.00. The van der Waals surface area contributed by atoms with Crippen molar-refractivity contribution in [2.24, 2.45) is 0 Å². The average Bonchev–Trinajstić information content (AvgIpc) is 2.35. The summed E-state index contributed by atoms with van der Waals surface area (Å²) in [5.41, 5.74) is 0.172. The molecule has 2 aromatic carbocycles. The zero-order valence-corrected chi connectivity index (χ0v) is 11.3. The van der Waals surface area contributed by atoms with Gasteiger partial charge in [0.1, 0.15) is 17.7 Å². The fourth-order valence-corrected chi connectivity index (χ4v) is 2.23. The zero-order chi connectivity index (χ0) is 13.3. The van der Waals surface area contributed by atoms with Gasteiger partial charge in [-0.1, -0.05) is 39.7 Å². The van der Waals surface area contributed by atoms with Crippen molar-refractivity contribution in [1.82, 2.24) is 0 Å². The fourth-order valence-electron chi connectivity index (χ4n) is 1.62. The standard InChI is InChI=1S/C13H8BrClF2O/c14-7-4-5-10(16)9(6-7)13(18)8-2-1-3-11(17)12(8)15/h1-6,13,18H. The highest BCUT2D eigenvalue weighted by Crippen LogP contribution is 2.32. The number of rotatable bonds is 2. The van der Waals surface area contributed by atoms with Crippen LogP contribution in [-0.2, 0) is 0 Å². The molecule has 1 N–H and O–H groups in total. The molecule has 1 atom stereocenters. The molecule has 0 aliphatic carbocycles. The van der Waals surface area contributed by atoms with Crippen LogP contribution in [0.15, 0.2) is 40.9 Å². The minimum atomic E-state index is -1.31. The molecular weight excluding hydrogens is 325 g/mol. The Kier molecular flexibility index (Phi) is 4.00. The van der Waals surface area contributed by atoms with Crippen molar-refractivity contribution >= 4 is 27.5 Å². The van der Waals surface area contributed by atoms with Crippen LogP contribution >= 0.6 is 27.5 Å². The Morgan fingerprint density at radius 2 is 1.78 bits per heavy atom. The second kappa shape index (κ2) is 5.34. The lowest BCUT2D eigenvalue weighted by Gasteiger charge is -2.14. The van der Waals surface area contributed by atoms with Crippen LogP contribution in [0.5, 0.6) is 0 Å². The van der Waals surface area contributed by atoms with Crippen LogP contribution in [0, 0.1) is 11.6 Å². The first-order chi connectivity index (χ1) is 8.50. The lowest BCUT2D eigenvalue weighted by atomic mass is 10.0. The summed E-state index contributed by atoms with van der Waals surface area (Å²) in [6.45, 7) is 0. The molecule has 94 valence electrons. The van der Waals surface area contributed by atoms with Gasteiger partial charge in [-0.05, 0) is 24.3 Å². The SMILES string of the molecule is OC(c1cc(Br)ccc1F)c1cccc(F)c1Cl. The third-order valence-corrected chi connectivity index (χ3v) is 3.42. The third-order valence-electron chi connectivity index (χ3n) is 2.53. The molecule has 0 heterocycles. The number of hydrogen-bond donors (Lipinski definition) is 1. The van der Waals surface area contributed by atoms with E-state index in [1.807, 2.05) is 0 Å². The third kappa shape index (κ3) is 2.55. The van der Waals surface area contributed by atoms with Crippen molar-refractivity contribution in [1.29, 1.82) is 0 Å². The van der Waals surface area contributed by atoms with E-state index in [1.54, 1.807) is 0 Å². The minimum Gasteiger partial charge on any atom is -0.383 e. The fraction of sp³-hybridized carbons (Fsp3) is 0.0769. The first kappa shape index (κ1) is 13.5. The van der Waals surface area contributed by atoms with Crippen LogP contribution in [0.4, 0.5) is 8.78 Å². The molecule has 0 saturated carbocycles. The van der Waals surface area contributed by atoms with E-state index in [1.165, 1.54) is 36.4 Å². The van der Waals surface area contributed by atoms with E-state index in [-0.39, 0.29) is 16.1 Å². The van der Waals surface area contributed by atoms with Gasteiger partial charge in [0, 0.05) is 15.6 Å². The molecule has 0 fully saturated rings. The summed E-state index contributed by atoms with van der Waals surface area (Å²) >= 11 is 8.95. The molecule has 0 amide bonds. The molecule has 0 spiro atoms. The van der Waals surface area contributed by atoms with Gasteiger partial charge in [0.05, 0.1) is 5.02 Å². The summed E-state index contributed by atoms with van der Waals surface area (Å²) in [7, 11) is 0. The monoisotopic (exact) mass is 332 g/mol. The van der Waals surface area contributed by atoms with E-state index in [9.17, 15) is 13.9 Å². The van der Waals surface area contributed by atoms with Gasteiger partial charge in [-0.15, -0.1) is 0 Å². The Bertz CT molecular complexity index is 587. The highest BCUT2D eigenvalue weighted by molar-refractivity contribution is 9.10. The summed E-state index contributed by atoms with van der Waals surface area (Å²) in [5, 5.41) is 9.89. The van der Waals surface area contributed by atoms with Gasteiger partial charge in [-0.25, -0.2) is 8.78 Å². The van der Waals surface area contributed by atoms with E-state index >= 15 is 0 Å². The second-order valence-corrected chi connectivity index (χ2v) is 5.01. The Hall–Kier alpha value is -0.970. The number of aliphatic hydroxyl groups excluding tert-OH is 1. The number of benzene rings is 2. The Balaban J connectivity index is 2.51. The molecular formula is C13H8BrClF2O. The molecule has 18 heavy (non-hydrogen) atoms. The second-order valence-electron chi connectivity index (χ2n) is 3.71. The van der Waals surface area contributed by atoms with Gasteiger partial charge in [-0.2, -0.15) is 0 Å². The molecule has 0 aliphatic rings. The van der Waals surface area contributed by atoms with E-state index in [0.29, 0.717) is 4.47 Å². The molecule has 5 heteroatoms. The van der Waals surface area contributed by atoms with Crippen molar-refractivity contribution in [3.63, 3.8) is 0 Å². The maximum absolute atomic E-state index is 13.6. The molecule has 0 aliphatic heterocycles. The normalized spacial score (nSPS) is 12.5. The number of hydrogen-bond acceptors (Lipinski definition) is 1. The largest absolute Gasteiger partial charge is 0.383 e. The van der Waals surface area contributed by atoms with Gasteiger partial charge in [0.25, 0.3) is 0 Å². The van der Waals surface area contributed by atoms with Crippen molar-refractivity contribution in [2.45, 2.75) is 6.10 Å². The van der Waals surface area contributed by atoms with Crippen molar-refractivity contribution in [3.8, 4) is 0 Å². The van der Waals surface area contributed by atoms with Gasteiger partial charge in [0.2, 0.25) is 0 Å². The topological polar surface area (TPSA) is 20.2 Å². The molecule has 0 aromatic heterocycles. The summed E-state index contributed by atoms with van der Waals surface area (Å²) < 4.78 is 27.5. The van der Waals surface area contributed by atoms with Gasteiger partial charge in [0.15, 0.2) is 0 Å². The van der Waals surface area contributed by atoms with Crippen LogP contribution < -0.4 is 0 Å². The van der Waals surface area contributed by atoms with Gasteiger partial charge >= 0.3 is 0 Å². The first-order valence-corrected chi connectivity index (χ1v) is 6.24. The summed E-state index contributed by atoms with van der Waals surface area (Å²) in [5.74, 6) is -1.23. The predicted molar refractivity (Wildman–Crippen MR) is 69.6 cm³/mol. The maximum atomic E-state index is 13.6. The predicted octanol–water partition coefficient (Wildman–Crippen LogP) is 4.46. The van der Waals surface area contributed by atoms with Gasteiger partial charge in [-0.3, -0.25) is 0 Å². The molecule has 0 saturated heterocycles. The number of aliphatic hydroxyl groups is 1. The van der Waals surface area contributed by atoms with E-state index in [2.05, 4.69) is 15.9 Å². The summed E-state index contributed by atoms with van der Waals surface area (Å²) in [6, 6.07) is 8.21. The Morgan fingerprint density at radius 3 is 2.50 bits per heavy atom. The Morgan fingerprint density at radius 1 is 1.06 bits per heavy atom.